The smallest absolute Gasteiger partial charge is 0.196 e. The standard InChI is InChI=1S/C6H4F2N3/c7-5-3-11(8)4-10-2-1-9-6(5)10/h2-3H,4H2/q+1. The molecule has 0 saturated heterocycles. The average Bonchev–Trinajstić information content (AvgIpc) is 2.34. The second kappa shape index (κ2) is 2.13. The van der Waals surface area contributed by atoms with E-state index in [0.717, 1.165) is 6.20 Å². The molecule has 11 heavy (non-hydrogen) atoms. The largest absolute Gasteiger partial charge is 0.322 e. The second-order valence-electron chi connectivity index (χ2n) is 2.18. The van der Waals surface area contributed by atoms with Gasteiger partial charge < -0.3 is 0 Å². The lowest BCUT2D eigenvalue weighted by Gasteiger charge is -2.13. The summed E-state index contributed by atoms with van der Waals surface area (Å²) < 4.78 is 25.2. The van der Waals surface area contributed by atoms with Crippen LogP contribution in [-0.4, -0.2) is 17.6 Å². The molecular formula is C6H4F2N3+. The maximum Gasteiger partial charge on any atom is 0.322 e. The SMILES string of the molecule is FC1=CN(F)C[N+]2C=[C]N=C12. The van der Waals surface area contributed by atoms with Gasteiger partial charge in [-0.2, -0.15) is 14.5 Å². The van der Waals surface area contributed by atoms with Gasteiger partial charge in [0.1, 0.15) is 0 Å². The van der Waals surface area contributed by atoms with Crippen molar-refractivity contribution in [3.05, 3.63) is 24.4 Å². The fourth-order valence-electron chi connectivity index (χ4n) is 0.951. The Morgan fingerprint density at radius 1 is 1.73 bits per heavy atom. The summed E-state index contributed by atoms with van der Waals surface area (Å²) in [6, 6.07) is 0. The van der Waals surface area contributed by atoms with E-state index in [-0.39, 0.29) is 17.6 Å². The molecule has 56 valence electrons. The van der Waals surface area contributed by atoms with Crippen LogP contribution in [0.25, 0.3) is 0 Å². The molecule has 0 aliphatic carbocycles. The van der Waals surface area contributed by atoms with Crippen LogP contribution in [0.5, 0.6) is 0 Å². The van der Waals surface area contributed by atoms with Crippen LogP contribution < -0.4 is 4.90 Å². The summed E-state index contributed by atoms with van der Waals surface area (Å²) in [5.74, 6) is -0.557. The Kier molecular flexibility index (Phi) is 1.25. The quantitative estimate of drug-likeness (QED) is 0.375. The molecule has 0 unspecified atom stereocenters. The zero-order chi connectivity index (χ0) is 7.84. The maximum absolute atomic E-state index is 12.7. The monoisotopic (exact) mass is 156 g/mol. The first-order valence-corrected chi connectivity index (χ1v) is 3.01. The summed E-state index contributed by atoms with van der Waals surface area (Å²) in [4.78, 5) is 4.90. The highest BCUT2D eigenvalue weighted by molar-refractivity contribution is 6.00. The summed E-state index contributed by atoms with van der Waals surface area (Å²) in [7, 11) is 0. The van der Waals surface area contributed by atoms with E-state index in [0.29, 0.717) is 0 Å². The fraction of sp³-hybridized carbons (Fsp3) is 0.167. The van der Waals surface area contributed by atoms with E-state index in [1.165, 1.54) is 11.1 Å². The van der Waals surface area contributed by atoms with Crippen LogP contribution in [0, 0.1) is 6.20 Å². The molecule has 2 heterocycles. The van der Waals surface area contributed by atoms with Crippen LogP contribution in [0.3, 0.4) is 0 Å². The van der Waals surface area contributed by atoms with Crippen molar-refractivity contribution in [2.75, 3.05) is 6.67 Å². The van der Waals surface area contributed by atoms with E-state index in [1.54, 1.807) is 0 Å². The molecule has 0 aromatic heterocycles. The van der Waals surface area contributed by atoms with Gasteiger partial charge in [0.25, 0.3) is 0 Å². The molecule has 3 nitrogen and oxygen atoms in total. The number of nitrogens with zero attached hydrogens (tertiary/aromatic N) is 3. The first kappa shape index (κ1) is 6.48. The van der Waals surface area contributed by atoms with Gasteiger partial charge in [-0.1, -0.05) is 9.38 Å². The normalized spacial score (nSPS) is 23.3. The van der Waals surface area contributed by atoms with Crippen molar-refractivity contribution >= 4 is 5.84 Å². The highest BCUT2D eigenvalue weighted by Crippen LogP contribution is 2.16. The average molecular weight is 156 g/mol. The molecule has 0 bridgehead atoms. The van der Waals surface area contributed by atoms with Crippen molar-refractivity contribution in [2.45, 2.75) is 0 Å². The van der Waals surface area contributed by atoms with Crippen molar-refractivity contribution in [2.24, 2.45) is 4.99 Å². The van der Waals surface area contributed by atoms with Gasteiger partial charge in [-0.25, -0.2) is 0 Å². The molecule has 2 radical (unpaired) electrons. The topological polar surface area (TPSA) is 21.5 Å². The van der Waals surface area contributed by atoms with Crippen LogP contribution >= 0.6 is 0 Å². The van der Waals surface area contributed by atoms with Crippen molar-refractivity contribution in [3.8, 4) is 0 Å². The fourth-order valence-corrected chi connectivity index (χ4v) is 0.951. The predicted molar refractivity (Wildman–Crippen MR) is 34.4 cm³/mol. The first-order chi connectivity index (χ1) is 5.27. The third-order valence-corrected chi connectivity index (χ3v) is 1.41. The lowest BCUT2D eigenvalue weighted by Crippen LogP contribution is -2.40. The highest BCUT2D eigenvalue weighted by Gasteiger charge is 2.36. The van der Waals surface area contributed by atoms with E-state index in [4.69, 9.17) is 0 Å². The molecule has 0 fully saturated rings. The number of amidine groups is 1. The van der Waals surface area contributed by atoms with Crippen molar-refractivity contribution in [3.63, 3.8) is 0 Å². The van der Waals surface area contributed by atoms with Gasteiger partial charge >= 0.3 is 5.84 Å². The molecule has 0 aromatic rings. The van der Waals surface area contributed by atoms with E-state index >= 15 is 0 Å². The summed E-state index contributed by atoms with van der Waals surface area (Å²) in [6.07, 6.45) is 4.59. The number of hydrogen-bond acceptors (Lipinski definition) is 3. The van der Waals surface area contributed by atoms with E-state index < -0.39 is 5.83 Å². The number of rotatable bonds is 0. The lowest BCUT2D eigenvalue weighted by molar-refractivity contribution is 0.0666. The molecule has 0 atom stereocenters. The molecule has 0 aromatic carbocycles. The maximum atomic E-state index is 12.7. The Morgan fingerprint density at radius 2 is 2.55 bits per heavy atom. The third kappa shape index (κ3) is 0.932. The number of hydrogen-bond donors (Lipinski definition) is 0. The minimum Gasteiger partial charge on any atom is -0.196 e. The Morgan fingerprint density at radius 3 is 3.36 bits per heavy atom. The minimum absolute atomic E-state index is 0.0285. The van der Waals surface area contributed by atoms with Crippen LogP contribution in [0.2, 0.25) is 0 Å². The first-order valence-electron chi connectivity index (χ1n) is 3.01. The summed E-state index contributed by atoms with van der Waals surface area (Å²) in [5, 5.41) is 0.248. The summed E-state index contributed by atoms with van der Waals surface area (Å²) in [5.41, 5.74) is 0. The van der Waals surface area contributed by atoms with E-state index in [2.05, 4.69) is 11.2 Å². The highest BCUT2D eigenvalue weighted by atomic mass is 19.2. The molecule has 2 aliphatic heterocycles. The van der Waals surface area contributed by atoms with Gasteiger partial charge in [-0.3, -0.25) is 0 Å². The Hall–Kier alpha value is -1.23. The molecule has 0 saturated carbocycles. The van der Waals surface area contributed by atoms with Crippen molar-refractivity contribution in [1.82, 2.24) is 10.0 Å². The second-order valence-corrected chi connectivity index (χ2v) is 2.18. The Bertz CT molecular complexity index is 269. The zero-order valence-electron chi connectivity index (χ0n) is 5.46. The van der Waals surface area contributed by atoms with Crippen molar-refractivity contribution in [1.29, 1.82) is 0 Å². The predicted octanol–water partition coefficient (Wildman–Crippen LogP) is 0.781. The van der Waals surface area contributed by atoms with Gasteiger partial charge in [0.05, 0.1) is 6.20 Å². The summed E-state index contributed by atoms with van der Waals surface area (Å²) >= 11 is 0. The number of aliphatic imine (C=N–C) groups is 1. The molecular weight excluding hydrogens is 152 g/mol. The van der Waals surface area contributed by atoms with E-state index in [1.807, 2.05) is 0 Å². The summed E-state index contributed by atoms with van der Waals surface area (Å²) in [6.45, 7) is -0.0285. The number of halogens is 2. The Labute approximate surface area is 61.9 Å². The van der Waals surface area contributed by atoms with Crippen molar-refractivity contribution < 1.29 is 8.87 Å². The number of fused-ring (bicyclic) bond motifs is 1. The molecule has 2 aliphatic rings. The van der Waals surface area contributed by atoms with Gasteiger partial charge in [-0.05, 0) is 0 Å². The van der Waals surface area contributed by atoms with Gasteiger partial charge in [0.2, 0.25) is 12.5 Å². The Balaban J connectivity index is 2.34. The van der Waals surface area contributed by atoms with Crippen LogP contribution in [0.4, 0.5) is 8.87 Å². The van der Waals surface area contributed by atoms with Gasteiger partial charge in [-0.15, -0.1) is 0 Å². The van der Waals surface area contributed by atoms with Crippen LogP contribution in [-0.2, 0) is 0 Å². The zero-order valence-corrected chi connectivity index (χ0v) is 5.46. The lowest BCUT2D eigenvalue weighted by atomic mass is 10.4. The molecule has 2 rings (SSSR count). The molecule has 0 amide bonds. The molecule has 0 N–H and O–H groups in total. The van der Waals surface area contributed by atoms with Gasteiger partial charge in [0.15, 0.2) is 12.4 Å². The van der Waals surface area contributed by atoms with Gasteiger partial charge in [0, 0.05) is 0 Å². The molecule has 0 spiro atoms. The van der Waals surface area contributed by atoms with Crippen LogP contribution in [0.15, 0.2) is 23.2 Å². The van der Waals surface area contributed by atoms with Crippen LogP contribution in [0.1, 0.15) is 0 Å². The van der Waals surface area contributed by atoms with E-state index in [9.17, 15) is 8.87 Å². The molecule has 5 heteroatoms. The third-order valence-electron chi connectivity index (χ3n) is 1.41. The minimum atomic E-state index is -0.681.